The van der Waals surface area contributed by atoms with Crippen molar-refractivity contribution in [3.05, 3.63) is 0 Å². The van der Waals surface area contributed by atoms with Gasteiger partial charge in [0, 0.05) is 12.3 Å². The Labute approximate surface area is 110 Å². The Morgan fingerprint density at radius 1 is 0.947 bits per heavy atom. The molecule has 0 aromatic heterocycles. The summed E-state index contributed by atoms with van der Waals surface area (Å²) in [5.41, 5.74) is -5.55. The number of thiol groups is 1. The van der Waals surface area contributed by atoms with Gasteiger partial charge in [0.25, 0.3) is 5.67 Å². The van der Waals surface area contributed by atoms with Crippen LogP contribution in [0.1, 0.15) is 19.3 Å². The summed E-state index contributed by atoms with van der Waals surface area (Å²) < 4.78 is 108. The highest BCUT2D eigenvalue weighted by molar-refractivity contribution is 7.73. The van der Waals surface area contributed by atoms with Crippen LogP contribution >= 0.6 is 11.6 Å². The molecule has 1 atom stereocenters. The quantitative estimate of drug-likeness (QED) is 0.458. The molecule has 0 aliphatic rings. The monoisotopic (exact) mass is 338 g/mol. The molecular formula is C8H10ClF7O2S. The summed E-state index contributed by atoms with van der Waals surface area (Å²) in [6.07, 6.45) is -15.4. The third-order valence-electron chi connectivity index (χ3n) is 2.38. The minimum absolute atomic E-state index is 0.138. The largest absolute Gasteiger partial charge is 0.431 e. The summed E-state index contributed by atoms with van der Waals surface area (Å²) in [4.78, 5) is 0. The van der Waals surface area contributed by atoms with Crippen molar-refractivity contribution >= 4 is 22.3 Å². The zero-order valence-corrected chi connectivity index (χ0v) is 10.8. The van der Waals surface area contributed by atoms with Crippen LogP contribution in [0.25, 0.3) is 0 Å². The van der Waals surface area contributed by atoms with Gasteiger partial charge in [0.05, 0.1) is 5.25 Å². The standard InChI is InChI=1S/C8H10ClF7O2S/c9-3-1-2-5(19(17)18)4-6(10,7(11,12)13)8(14,15)16/h5,19H,1-4H2. The van der Waals surface area contributed by atoms with Crippen LogP contribution in [0, 0.1) is 0 Å². The summed E-state index contributed by atoms with van der Waals surface area (Å²) in [6, 6.07) is 0. The predicted molar refractivity (Wildman–Crippen MR) is 54.6 cm³/mol. The van der Waals surface area contributed by atoms with Gasteiger partial charge in [0.1, 0.15) is 10.7 Å². The fourth-order valence-corrected chi connectivity index (χ4v) is 2.26. The van der Waals surface area contributed by atoms with Crippen LogP contribution in [0.5, 0.6) is 0 Å². The van der Waals surface area contributed by atoms with Crippen LogP contribution in [-0.4, -0.2) is 37.6 Å². The van der Waals surface area contributed by atoms with E-state index in [2.05, 4.69) is 0 Å². The number of alkyl halides is 8. The molecule has 0 saturated carbocycles. The summed E-state index contributed by atoms with van der Waals surface area (Å²) >= 11 is 5.17. The van der Waals surface area contributed by atoms with Crippen LogP contribution < -0.4 is 0 Å². The van der Waals surface area contributed by atoms with Gasteiger partial charge in [-0.25, -0.2) is 12.8 Å². The van der Waals surface area contributed by atoms with Crippen LogP contribution in [0.3, 0.4) is 0 Å². The summed E-state index contributed by atoms with van der Waals surface area (Å²) in [5.74, 6) is -0.156. The number of hydrogen-bond acceptors (Lipinski definition) is 2. The Morgan fingerprint density at radius 2 is 1.37 bits per heavy atom. The maximum absolute atomic E-state index is 13.3. The lowest BCUT2D eigenvalue weighted by atomic mass is 9.96. The van der Waals surface area contributed by atoms with Crippen LogP contribution in [-0.2, 0) is 10.7 Å². The predicted octanol–water partition coefficient (Wildman–Crippen LogP) is 3.21. The van der Waals surface area contributed by atoms with Gasteiger partial charge >= 0.3 is 12.4 Å². The Hall–Kier alpha value is -0.250. The molecule has 0 fully saturated rings. The molecule has 11 heteroatoms. The summed E-state index contributed by atoms with van der Waals surface area (Å²) in [6.45, 7) is 0. The molecule has 0 aliphatic carbocycles. The van der Waals surface area contributed by atoms with Gasteiger partial charge in [-0.1, -0.05) is 0 Å². The Kier molecular flexibility index (Phi) is 6.38. The van der Waals surface area contributed by atoms with Crippen molar-refractivity contribution in [1.29, 1.82) is 0 Å². The molecule has 1 unspecified atom stereocenters. The van der Waals surface area contributed by atoms with Crippen LogP contribution in [0.2, 0.25) is 0 Å². The lowest BCUT2D eigenvalue weighted by Crippen LogP contribution is -2.55. The van der Waals surface area contributed by atoms with Gasteiger partial charge in [0.2, 0.25) is 0 Å². The van der Waals surface area contributed by atoms with E-state index in [4.69, 9.17) is 11.6 Å². The average molecular weight is 339 g/mol. The van der Waals surface area contributed by atoms with Crippen molar-refractivity contribution in [3.8, 4) is 0 Å². The summed E-state index contributed by atoms with van der Waals surface area (Å²) in [5, 5.41) is -2.08. The van der Waals surface area contributed by atoms with Crippen molar-refractivity contribution in [2.45, 2.75) is 42.5 Å². The van der Waals surface area contributed by atoms with E-state index in [-0.39, 0.29) is 12.3 Å². The maximum Gasteiger partial charge on any atom is 0.431 e. The van der Waals surface area contributed by atoms with Gasteiger partial charge in [-0.2, -0.15) is 26.3 Å². The van der Waals surface area contributed by atoms with Crippen molar-refractivity contribution in [2.75, 3.05) is 5.88 Å². The van der Waals surface area contributed by atoms with E-state index < -0.39 is 46.8 Å². The topological polar surface area (TPSA) is 34.1 Å². The highest BCUT2D eigenvalue weighted by Gasteiger charge is 2.72. The second kappa shape index (κ2) is 6.47. The second-order valence-corrected chi connectivity index (χ2v) is 5.45. The summed E-state index contributed by atoms with van der Waals surface area (Å²) in [7, 11) is -3.63. The third kappa shape index (κ3) is 4.66. The van der Waals surface area contributed by atoms with Crippen molar-refractivity contribution in [3.63, 3.8) is 0 Å². The van der Waals surface area contributed by atoms with E-state index in [0.29, 0.717) is 0 Å². The fraction of sp³-hybridized carbons (Fsp3) is 1.00. The Bertz CT molecular complexity index is 341. The number of rotatable bonds is 6. The average Bonchev–Trinajstić information content (AvgIpc) is 2.20. The minimum Gasteiger partial charge on any atom is -0.232 e. The first-order valence-corrected chi connectivity index (χ1v) is 6.66. The van der Waals surface area contributed by atoms with E-state index in [9.17, 15) is 39.2 Å². The van der Waals surface area contributed by atoms with Crippen molar-refractivity contribution < 1.29 is 39.2 Å². The Balaban J connectivity index is 5.32. The highest BCUT2D eigenvalue weighted by atomic mass is 35.5. The molecule has 0 N–H and O–H groups in total. The van der Waals surface area contributed by atoms with E-state index in [0.717, 1.165) is 0 Å². The SMILES string of the molecule is O=[SH](=O)C(CCCCl)CC(F)(C(F)(F)F)C(F)(F)F. The highest BCUT2D eigenvalue weighted by Crippen LogP contribution is 2.49. The zero-order valence-electron chi connectivity index (χ0n) is 9.19. The van der Waals surface area contributed by atoms with Gasteiger partial charge in [-0.15, -0.1) is 11.6 Å². The van der Waals surface area contributed by atoms with Gasteiger partial charge in [-0.3, -0.25) is 0 Å². The second-order valence-electron chi connectivity index (χ2n) is 3.77. The van der Waals surface area contributed by atoms with E-state index in [1.807, 2.05) is 0 Å². The van der Waals surface area contributed by atoms with E-state index in [1.165, 1.54) is 0 Å². The van der Waals surface area contributed by atoms with Crippen LogP contribution in [0.15, 0.2) is 0 Å². The Morgan fingerprint density at radius 3 is 1.63 bits per heavy atom. The molecule has 0 radical (unpaired) electrons. The molecule has 0 aromatic rings. The first kappa shape index (κ1) is 18.8. The molecule has 2 nitrogen and oxygen atoms in total. The lowest BCUT2D eigenvalue weighted by molar-refractivity contribution is -0.343. The van der Waals surface area contributed by atoms with Gasteiger partial charge in [-0.05, 0) is 12.8 Å². The maximum atomic E-state index is 13.3. The zero-order chi connectivity index (χ0) is 15.5. The molecule has 0 spiro atoms. The smallest absolute Gasteiger partial charge is 0.232 e. The van der Waals surface area contributed by atoms with Gasteiger partial charge in [0.15, 0.2) is 0 Å². The molecule has 0 aromatic carbocycles. The molecule has 19 heavy (non-hydrogen) atoms. The molecule has 0 amide bonds. The minimum atomic E-state index is -6.24. The normalized spacial score (nSPS) is 15.8. The third-order valence-corrected chi connectivity index (χ3v) is 3.69. The number of hydrogen-bond donors (Lipinski definition) is 1. The molecule has 0 saturated heterocycles. The first-order valence-electron chi connectivity index (χ1n) is 4.88. The molecule has 0 bridgehead atoms. The molecular weight excluding hydrogens is 329 g/mol. The fourth-order valence-electron chi connectivity index (χ4n) is 1.31. The molecule has 0 rings (SSSR count). The van der Waals surface area contributed by atoms with Crippen molar-refractivity contribution in [1.82, 2.24) is 0 Å². The van der Waals surface area contributed by atoms with Crippen LogP contribution in [0.4, 0.5) is 30.7 Å². The van der Waals surface area contributed by atoms with E-state index >= 15 is 0 Å². The van der Waals surface area contributed by atoms with Gasteiger partial charge < -0.3 is 0 Å². The molecule has 0 aliphatic heterocycles. The lowest BCUT2D eigenvalue weighted by Gasteiger charge is -2.31. The van der Waals surface area contributed by atoms with E-state index in [1.54, 1.807) is 0 Å². The number of halogens is 8. The molecule has 0 heterocycles. The first-order chi connectivity index (χ1) is 8.37. The van der Waals surface area contributed by atoms with Crippen molar-refractivity contribution in [2.24, 2.45) is 0 Å². The molecule has 116 valence electrons.